The van der Waals surface area contributed by atoms with Crippen LogP contribution >= 0.6 is 0 Å². The van der Waals surface area contributed by atoms with Crippen LogP contribution in [0.4, 0.5) is 0 Å². The largest absolute Gasteiger partial charge is 0.309 e. The van der Waals surface area contributed by atoms with Crippen molar-refractivity contribution in [2.45, 2.75) is 44.9 Å². The third-order valence-electron chi connectivity index (χ3n) is 14.9. The Kier molecular flexibility index (Phi) is 8.86. The van der Waals surface area contributed by atoms with Crippen LogP contribution in [0.2, 0.25) is 0 Å². The van der Waals surface area contributed by atoms with Crippen molar-refractivity contribution in [3.63, 3.8) is 0 Å². The molecular formula is C64H48N2. The number of benzene rings is 9. The van der Waals surface area contributed by atoms with Crippen molar-refractivity contribution < 1.29 is 0 Å². The molecule has 0 unspecified atom stereocenters. The highest BCUT2D eigenvalue weighted by atomic mass is 15.0. The van der Waals surface area contributed by atoms with Gasteiger partial charge in [0.15, 0.2) is 0 Å². The summed E-state index contributed by atoms with van der Waals surface area (Å²) < 4.78 is 2.31. The number of nitrogens with zero attached hydrogens (tertiary/aromatic N) is 2. The standard InChI is InChI=1S/C64H48N2/c1-40-16-8-6-9-17-42-25-26-45(36-57(42)63(40,2)3)62-53-22-13-12-21-52(53)61(46-29-31-49-48-20-14-15-23-56(48)64(4,5)58(49)37-46)54-33-28-43(35-55(54)62)44-27-32-51-50-30-24-41(39-65)34-59(50)66(60(51)38-44)47-18-10-7-11-19-47/h6-16,18-38H,1,17H2,2-5H3/b9-6-,16-8-. The molecule has 2 heteroatoms. The normalized spacial score (nSPS) is 15.7. The van der Waals surface area contributed by atoms with E-state index in [1.54, 1.807) is 0 Å². The second kappa shape index (κ2) is 14.8. The van der Waals surface area contributed by atoms with E-state index in [1.807, 2.05) is 12.1 Å². The van der Waals surface area contributed by atoms with Gasteiger partial charge in [-0.05, 0) is 149 Å². The molecule has 2 nitrogen and oxygen atoms in total. The third-order valence-corrected chi connectivity index (χ3v) is 14.9. The van der Waals surface area contributed by atoms with Crippen LogP contribution in [0.25, 0.3) is 93.5 Å². The predicted molar refractivity (Wildman–Crippen MR) is 279 cm³/mol. The molecule has 2 aliphatic rings. The molecule has 12 rings (SSSR count). The van der Waals surface area contributed by atoms with E-state index in [0.717, 1.165) is 50.6 Å². The lowest BCUT2D eigenvalue weighted by atomic mass is 9.74. The zero-order chi connectivity index (χ0) is 44.9. The van der Waals surface area contributed by atoms with Crippen molar-refractivity contribution in [1.82, 2.24) is 4.57 Å². The Hall–Kier alpha value is -7.99. The molecule has 0 aliphatic heterocycles. The number of para-hydroxylation sites is 1. The Morgan fingerprint density at radius 2 is 1.08 bits per heavy atom. The summed E-state index contributed by atoms with van der Waals surface area (Å²) in [5.41, 5.74) is 19.7. The summed E-state index contributed by atoms with van der Waals surface area (Å²) in [7, 11) is 0. The van der Waals surface area contributed by atoms with Gasteiger partial charge in [0, 0.05) is 27.3 Å². The summed E-state index contributed by atoms with van der Waals surface area (Å²) in [5, 5.41) is 17.1. The van der Waals surface area contributed by atoms with E-state index in [9.17, 15) is 5.26 Å². The Labute approximate surface area is 386 Å². The van der Waals surface area contributed by atoms with Crippen LogP contribution < -0.4 is 0 Å². The van der Waals surface area contributed by atoms with Gasteiger partial charge in [0.2, 0.25) is 0 Å². The van der Waals surface area contributed by atoms with Gasteiger partial charge in [0.05, 0.1) is 22.7 Å². The lowest BCUT2D eigenvalue weighted by Crippen LogP contribution is -2.20. The molecule has 0 fully saturated rings. The maximum Gasteiger partial charge on any atom is 0.0992 e. The van der Waals surface area contributed by atoms with Crippen molar-refractivity contribution in [1.29, 1.82) is 5.26 Å². The monoisotopic (exact) mass is 844 g/mol. The first-order chi connectivity index (χ1) is 32.1. The van der Waals surface area contributed by atoms with E-state index in [4.69, 9.17) is 0 Å². The minimum Gasteiger partial charge on any atom is -0.309 e. The van der Waals surface area contributed by atoms with Crippen molar-refractivity contribution in [2.75, 3.05) is 0 Å². The molecule has 0 bridgehead atoms. The SMILES string of the molecule is C=C1/C=C\C=C/Cc2ccc(-c3c4ccccc4c(-c4ccc5c(c4)C(C)(C)c4ccccc4-5)c4ccc(-c5ccc6c7ccc(C#N)cc7n(-c7ccccc7)c6c5)cc34)cc2C1(C)C. The Balaban J connectivity index is 1.14. The van der Waals surface area contributed by atoms with E-state index >= 15 is 0 Å². The number of fused-ring (bicyclic) bond motifs is 9. The number of hydrogen-bond acceptors (Lipinski definition) is 1. The van der Waals surface area contributed by atoms with Crippen LogP contribution in [0.5, 0.6) is 0 Å². The maximum absolute atomic E-state index is 9.94. The quantitative estimate of drug-likeness (QED) is 0.162. The van der Waals surface area contributed by atoms with Gasteiger partial charge in [0.25, 0.3) is 0 Å². The molecule has 0 spiro atoms. The highest BCUT2D eigenvalue weighted by Crippen LogP contribution is 2.52. The fourth-order valence-electron chi connectivity index (χ4n) is 11.3. The second-order valence-corrected chi connectivity index (χ2v) is 19.2. The molecule has 2 aliphatic carbocycles. The molecule has 0 N–H and O–H groups in total. The molecule has 10 aromatic rings. The van der Waals surface area contributed by atoms with Gasteiger partial charge < -0.3 is 4.57 Å². The van der Waals surface area contributed by atoms with E-state index in [0.29, 0.717) is 5.56 Å². The fourth-order valence-corrected chi connectivity index (χ4v) is 11.3. The first-order valence-electron chi connectivity index (χ1n) is 23.1. The highest BCUT2D eigenvalue weighted by molar-refractivity contribution is 6.22. The zero-order valence-electron chi connectivity index (χ0n) is 37.8. The molecule has 1 heterocycles. The minimum absolute atomic E-state index is 0.127. The summed E-state index contributed by atoms with van der Waals surface area (Å²) in [4.78, 5) is 0. The summed E-state index contributed by atoms with van der Waals surface area (Å²) >= 11 is 0. The van der Waals surface area contributed by atoms with Crippen LogP contribution in [0.3, 0.4) is 0 Å². The van der Waals surface area contributed by atoms with Gasteiger partial charge in [0.1, 0.15) is 0 Å². The number of aromatic nitrogens is 1. The van der Waals surface area contributed by atoms with Crippen LogP contribution in [0.15, 0.2) is 206 Å². The lowest BCUT2D eigenvalue weighted by molar-refractivity contribution is 0.635. The van der Waals surface area contributed by atoms with E-state index in [2.05, 4.69) is 227 Å². The summed E-state index contributed by atoms with van der Waals surface area (Å²) in [6, 6.07) is 65.2. The Morgan fingerprint density at radius 1 is 0.485 bits per heavy atom. The molecule has 314 valence electrons. The first-order valence-corrected chi connectivity index (χ1v) is 23.1. The Bertz CT molecular complexity index is 3800. The predicted octanol–water partition coefficient (Wildman–Crippen LogP) is 16.8. The lowest BCUT2D eigenvalue weighted by Gasteiger charge is -2.29. The number of rotatable bonds is 4. The highest BCUT2D eigenvalue weighted by Gasteiger charge is 2.36. The molecule has 0 radical (unpaired) electrons. The molecule has 66 heavy (non-hydrogen) atoms. The van der Waals surface area contributed by atoms with Crippen LogP contribution in [0.1, 0.15) is 55.5 Å². The van der Waals surface area contributed by atoms with Crippen LogP contribution in [0, 0.1) is 11.3 Å². The van der Waals surface area contributed by atoms with Gasteiger partial charge in [-0.2, -0.15) is 5.26 Å². The van der Waals surface area contributed by atoms with Gasteiger partial charge >= 0.3 is 0 Å². The smallest absolute Gasteiger partial charge is 0.0992 e. The summed E-state index contributed by atoms with van der Waals surface area (Å²) in [6.07, 6.45) is 9.54. The third kappa shape index (κ3) is 5.93. The molecule has 0 saturated carbocycles. The second-order valence-electron chi connectivity index (χ2n) is 19.2. The van der Waals surface area contributed by atoms with Gasteiger partial charge in [-0.1, -0.05) is 180 Å². The van der Waals surface area contributed by atoms with Crippen molar-refractivity contribution >= 4 is 43.4 Å². The van der Waals surface area contributed by atoms with Gasteiger partial charge in [-0.25, -0.2) is 0 Å². The van der Waals surface area contributed by atoms with Crippen molar-refractivity contribution in [3.05, 3.63) is 234 Å². The fraction of sp³-hybridized carbons (Fsp3) is 0.109. The average Bonchev–Trinajstić information content (AvgIpc) is 3.81. The topological polar surface area (TPSA) is 28.7 Å². The molecular weight excluding hydrogens is 797 g/mol. The van der Waals surface area contributed by atoms with Crippen molar-refractivity contribution in [2.24, 2.45) is 0 Å². The average molecular weight is 845 g/mol. The van der Waals surface area contributed by atoms with E-state index < -0.39 is 0 Å². The maximum atomic E-state index is 9.94. The van der Waals surface area contributed by atoms with Gasteiger partial charge in [-0.15, -0.1) is 0 Å². The molecule has 0 amide bonds. The van der Waals surface area contributed by atoms with E-state index in [-0.39, 0.29) is 10.8 Å². The molecule has 0 atom stereocenters. The van der Waals surface area contributed by atoms with Crippen LogP contribution in [-0.2, 0) is 17.3 Å². The first kappa shape index (κ1) is 39.6. The minimum atomic E-state index is -0.278. The van der Waals surface area contributed by atoms with Crippen LogP contribution in [-0.4, -0.2) is 4.57 Å². The van der Waals surface area contributed by atoms with Gasteiger partial charge in [-0.3, -0.25) is 0 Å². The number of hydrogen-bond donors (Lipinski definition) is 0. The number of nitriles is 1. The Morgan fingerprint density at radius 3 is 1.85 bits per heavy atom. The molecule has 0 saturated heterocycles. The zero-order valence-corrected chi connectivity index (χ0v) is 37.8. The summed E-state index contributed by atoms with van der Waals surface area (Å²) in [6.45, 7) is 13.9. The molecule has 9 aromatic carbocycles. The van der Waals surface area contributed by atoms with E-state index in [1.165, 1.54) is 77.2 Å². The number of allylic oxidation sites excluding steroid dienone is 5. The summed E-state index contributed by atoms with van der Waals surface area (Å²) in [5.74, 6) is 0. The molecule has 1 aromatic heterocycles. The van der Waals surface area contributed by atoms with Crippen molar-refractivity contribution in [3.8, 4) is 56.3 Å².